The minimum atomic E-state index is -0.180. The summed E-state index contributed by atoms with van der Waals surface area (Å²) in [6.45, 7) is 0.384. The van der Waals surface area contributed by atoms with Gasteiger partial charge in [-0.2, -0.15) is 24.4 Å². The molecule has 1 atom stereocenters. The van der Waals surface area contributed by atoms with Crippen LogP contribution in [-0.2, 0) is 11.3 Å². The van der Waals surface area contributed by atoms with Crippen LogP contribution >= 0.6 is 36.0 Å². The summed E-state index contributed by atoms with van der Waals surface area (Å²) in [5.41, 5.74) is 0.897. The molecule has 0 fully saturated rings. The molecule has 0 bridgehead atoms. The molecule has 0 aliphatic carbocycles. The van der Waals surface area contributed by atoms with E-state index in [2.05, 4.69) is 12.6 Å². The number of carbonyl (C=O) groups excluding carboxylic acids is 1. The lowest BCUT2D eigenvalue weighted by Gasteiger charge is -2.31. The Labute approximate surface area is 141 Å². The Bertz CT molecular complexity index is 445. The van der Waals surface area contributed by atoms with E-state index in [0.717, 1.165) is 17.7 Å². The van der Waals surface area contributed by atoms with Crippen LogP contribution in [0.25, 0.3) is 0 Å². The minimum absolute atomic E-state index is 0.00470. The zero-order valence-corrected chi connectivity index (χ0v) is 14.6. The number of rotatable bonds is 9. The minimum Gasteiger partial charge on any atom is -0.394 e. The van der Waals surface area contributed by atoms with Gasteiger partial charge in [-0.1, -0.05) is 29.8 Å². The lowest BCUT2D eigenvalue weighted by atomic mass is 10.1. The number of halogens is 1. The first kappa shape index (κ1) is 18.7. The molecule has 0 spiro atoms. The van der Waals surface area contributed by atoms with E-state index in [1.807, 2.05) is 30.5 Å². The van der Waals surface area contributed by atoms with Crippen molar-refractivity contribution in [1.29, 1.82) is 0 Å². The highest BCUT2D eigenvalue weighted by Gasteiger charge is 2.23. The van der Waals surface area contributed by atoms with E-state index in [4.69, 9.17) is 11.6 Å². The van der Waals surface area contributed by atoms with Gasteiger partial charge < -0.3 is 10.0 Å². The summed E-state index contributed by atoms with van der Waals surface area (Å²) in [5.74, 6) is 1.40. The van der Waals surface area contributed by atoms with E-state index < -0.39 is 0 Å². The Hall–Kier alpha value is -0.360. The molecule has 0 aliphatic rings. The van der Waals surface area contributed by atoms with E-state index >= 15 is 0 Å². The van der Waals surface area contributed by atoms with Gasteiger partial charge >= 0.3 is 0 Å². The molecular weight excluding hydrogens is 326 g/mol. The number of hydrogen-bond donors (Lipinski definition) is 2. The number of thioether (sulfide) groups is 1. The summed E-state index contributed by atoms with van der Waals surface area (Å²) < 4.78 is 0. The molecule has 1 aromatic carbocycles. The van der Waals surface area contributed by atoms with Gasteiger partial charge in [-0.3, -0.25) is 4.79 Å². The summed E-state index contributed by atoms with van der Waals surface area (Å²) in [6.07, 6.45) is 3.14. The van der Waals surface area contributed by atoms with Gasteiger partial charge in [-0.15, -0.1) is 0 Å². The van der Waals surface area contributed by atoms with Crippen LogP contribution in [0, 0.1) is 0 Å². The molecule has 1 aromatic rings. The van der Waals surface area contributed by atoms with Crippen LogP contribution < -0.4 is 0 Å². The first-order valence-corrected chi connectivity index (χ1v) is 9.28. The summed E-state index contributed by atoms with van der Waals surface area (Å²) in [6, 6.07) is 7.31. The normalized spacial score (nSPS) is 12.2. The van der Waals surface area contributed by atoms with Crippen molar-refractivity contribution in [3.8, 4) is 0 Å². The van der Waals surface area contributed by atoms with Crippen molar-refractivity contribution >= 4 is 41.9 Å². The van der Waals surface area contributed by atoms with Crippen molar-refractivity contribution < 1.29 is 9.90 Å². The third kappa shape index (κ3) is 6.10. The Morgan fingerprint density at radius 3 is 2.76 bits per heavy atom. The number of amides is 1. The van der Waals surface area contributed by atoms with E-state index in [0.29, 0.717) is 23.7 Å². The molecule has 1 amide bonds. The van der Waals surface area contributed by atoms with Crippen molar-refractivity contribution in [2.24, 2.45) is 0 Å². The average molecular weight is 348 g/mol. The maximum Gasteiger partial charge on any atom is 0.224 e. The predicted octanol–water partition coefficient (Wildman–Crippen LogP) is 3.10. The van der Waals surface area contributed by atoms with Gasteiger partial charge in [-0.25, -0.2) is 0 Å². The molecule has 1 N–H and O–H groups in total. The number of nitrogens with zero attached hydrogens (tertiary/aromatic N) is 1. The van der Waals surface area contributed by atoms with Crippen LogP contribution in [0.4, 0.5) is 0 Å². The standard InChI is InChI=1S/C15H22ClNO2S2/c1-21-9-7-13(11-18)17(15(19)6-8-20)10-12-4-2-3-5-14(12)16/h2-5,13,18,20H,6-11H2,1H3/t13-/m0/s1. The number of aliphatic hydroxyl groups is 1. The second-order valence-electron chi connectivity index (χ2n) is 4.70. The molecule has 21 heavy (non-hydrogen) atoms. The quantitative estimate of drug-likeness (QED) is 0.674. The smallest absolute Gasteiger partial charge is 0.224 e. The van der Waals surface area contributed by atoms with Crippen molar-refractivity contribution in [3.63, 3.8) is 0 Å². The molecule has 0 saturated heterocycles. The van der Waals surface area contributed by atoms with Gasteiger partial charge in [-0.05, 0) is 35.8 Å². The fraction of sp³-hybridized carbons (Fsp3) is 0.533. The average Bonchev–Trinajstić information content (AvgIpc) is 2.48. The molecule has 0 unspecified atom stereocenters. The number of benzene rings is 1. The van der Waals surface area contributed by atoms with E-state index in [1.165, 1.54) is 0 Å². The second kappa shape index (κ2) is 10.4. The number of aliphatic hydroxyl groups excluding tert-OH is 1. The molecule has 0 radical (unpaired) electrons. The van der Waals surface area contributed by atoms with E-state index in [9.17, 15) is 9.90 Å². The van der Waals surface area contributed by atoms with Gasteiger partial charge in [0.05, 0.1) is 12.6 Å². The third-order valence-corrected chi connectivity index (χ3v) is 4.49. The monoisotopic (exact) mass is 347 g/mol. The highest BCUT2D eigenvalue weighted by Crippen LogP contribution is 2.20. The first-order chi connectivity index (χ1) is 10.1. The SMILES string of the molecule is CSCC[C@@H](CO)N(Cc1ccccc1Cl)C(=O)CCS. The second-order valence-corrected chi connectivity index (χ2v) is 6.54. The van der Waals surface area contributed by atoms with Crippen molar-refractivity contribution in [3.05, 3.63) is 34.9 Å². The highest BCUT2D eigenvalue weighted by atomic mass is 35.5. The van der Waals surface area contributed by atoms with Gasteiger partial charge in [0.1, 0.15) is 0 Å². The summed E-state index contributed by atoms with van der Waals surface area (Å²) in [4.78, 5) is 14.1. The van der Waals surface area contributed by atoms with Crippen LogP contribution in [-0.4, -0.2) is 46.3 Å². The van der Waals surface area contributed by atoms with E-state index in [1.54, 1.807) is 16.7 Å². The Morgan fingerprint density at radius 1 is 1.48 bits per heavy atom. The van der Waals surface area contributed by atoms with Crippen molar-refractivity contribution in [1.82, 2.24) is 4.90 Å². The third-order valence-electron chi connectivity index (χ3n) is 3.25. The highest BCUT2D eigenvalue weighted by molar-refractivity contribution is 7.98. The van der Waals surface area contributed by atoms with Crippen molar-refractivity contribution in [2.75, 3.05) is 24.4 Å². The lowest BCUT2D eigenvalue weighted by Crippen LogP contribution is -2.42. The Balaban J connectivity index is 2.90. The van der Waals surface area contributed by atoms with E-state index in [-0.39, 0.29) is 18.6 Å². The predicted molar refractivity (Wildman–Crippen MR) is 94.3 cm³/mol. The van der Waals surface area contributed by atoms with Crippen LogP contribution in [0.1, 0.15) is 18.4 Å². The summed E-state index contributed by atoms with van der Waals surface area (Å²) in [7, 11) is 0. The topological polar surface area (TPSA) is 40.5 Å². The summed E-state index contributed by atoms with van der Waals surface area (Å²) >= 11 is 12.0. The number of carbonyl (C=O) groups is 1. The van der Waals surface area contributed by atoms with Gasteiger partial charge in [0, 0.05) is 18.0 Å². The van der Waals surface area contributed by atoms with Crippen molar-refractivity contribution in [2.45, 2.75) is 25.4 Å². The van der Waals surface area contributed by atoms with Gasteiger partial charge in [0.2, 0.25) is 5.91 Å². The maximum atomic E-state index is 12.3. The zero-order chi connectivity index (χ0) is 15.7. The number of thiol groups is 1. The molecule has 0 saturated carbocycles. The zero-order valence-electron chi connectivity index (χ0n) is 12.2. The Morgan fingerprint density at radius 2 is 2.19 bits per heavy atom. The first-order valence-electron chi connectivity index (χ1n) is 6.87. The summed E-state index contributed by atoms with van der Waals surface area (Å²) in [5, 5.41) is 10.3. The van der Waals surface area contributed by atoms with Crippen LogP contribution in [0.3, 0.4) is 0 Å². The molecular formula is C15H22ClNO2S2. The maximum absolute atomic E-state index is 12.3. The molecule has 1 rings (SSSR count). The molecule has 0 aliphatic heterocycles. The molecule has 6 heteroatoms. The van der Waals surface area contributed by atoms with Crippen LogP contribution in [0.5, 0.6) is 0 Å². The van der Waals surface area contributed by atoms with Gasteiger partial charge in [0.25, 0.3) is 0 Å². The number of hydrogen-bond acceptors (Lipinski definition) is 4. The molecule has 118 valence electrons. The van der Waals surface area contributed by atoms with Crippen LogP contribution in [0.15, 0.2) is 24.3 Å². The van der Waals surface area contributed by atoms with Gasteiger partial charge in [0.15, 0.2) is 0 Å². The Kier molecular flexibility index (Phi) is 9.24. The lowest BCUT2D eigenvalue weighted by molar-refractivity contribution is -0.134. The molecule has 0 heterocycles. The fourth-order valence-corrected chi connectivity index (χ4v) is 2.96. The van der Waals surface area contributed by atoms with Crippen LogP contribution in [0.2, 0.25) is 5.02 Å². The fourth-order valence-electron chi connectivity index (χ4n) is 2.07. The molecule has 3 nitrogen and oxygen atoms in total. The molecule has 0 aromatic heterocycles. The largest absolute Gasteiger partial charge is 0.394 e.